The molecule has 0 aliphatic rings. The Morgan fingerprint density at radius 1 is 1.27 bits per heavy atom. The molecule has 2 nitrogen and oxygen atoms in total. The Labute approximate surface area is 85.4 Å². The monoisotopic (exact) mass is 216 g/mol. The van der Waals surface area contributed by atoms with Crippen molar-refractivity contribution in [3.05, 3.63) is 42.5 Å². The maximum atomic E-state index is 12.2. The number of hydrogen-bond donors (Lipinski definition) is 0. The minimum absolute atomic E-state index is 0.471. The molecular formula is C10H9F3NO. The Morgan fingerprint density at radius 2 is 1.80 bits per heavy atom. The Kier molecular flexibility index (Phi) is 3.34. The van der Waals surface area contributed by atoms with Crippen LogP contribution in [0.15, 0.2) is 29.4 Å². The van der Waals surface area contributed by atoms with Gasteiger partial charge in [0, 0.05) is 0 Å². The van der Waals surface area contributed by atoms with Gasteiger partial charge in [-0.15, -0.1) is 0 Å². The van der Waals surface area contributed by atoms with Crippen molar-refractivity contribution in [3.63, 3.8) is 0 Å². The summed E-state index contributed by atoms with van der Waals surface area (Å²) in [4.78, 5) is 4.27. The van der Waals surface area contributed by atoms with Gasteiger partial charge < -0.3 is 4.84 Å². The number of hydrogen-bond acceptors (Lipinski definition) is 2. The van der Waals surface area contributed by atoms with Crippen LogP contribution in [0.4, 0.5) is 13.2 Å². The van der Waals surface area contributed by atoms with Crippen molar-refractivity contribution in [2.75, 3.05) is 0 Å². The lowest BCUT2D eigenvalue weighted by atomic mass is 10.1. The lowest BCUT2D eigenvalue weighted by Crippen LogP contribution is -2.05. The van der Waals surface area contributed by atoms with Gasteiger partial charge in [0.25, 0.3) is 0 Å². The molecule has 0 atom stereocenters. The molecule has 1 rings (SSSR count). The molecule has 0 heterocycles. The highest BCUT2D eigenvalue weighted by Crippen LogP contribution is 2.29. The molecule has 0 aromatic heterocycles. The van der Waals surface area contributed by atoms with Gasteiger partial charge in [0.05, 0.1) is 11.3 Å². The first-order valence-corrected chi connectivity index (χ1v) is 4.08. The lowest BCUT2D eigenvalue weighted by Gasteiger charge is -2.06. The first-order valence-electron chi connectivity index (χ1n) is 4.08. The highest BCUT2D eigenvalue weighted by molar-refractivity contribution is 5.98. The number of nitrogens with zero attached hydrogens (tertiary/aromatic N) is 1. The molecule has 0 aliphatic carbocycles. The highest BCUT2D eigenvalue weighted by atomic mass is 19.4. The van der Waals surface area contributed by atoms with Crippen LogP contribution in [-0.4, -0.2) is 5.71 Å². The third-order valence-corrected chi connectivity index (χ3v) is 1.83. The molecular weight excluding hydrogens is 207 g/mol. The fourth-order valence-electron chi connectivity index (χ4n) is 1.05. The van der Waals surface area contributed by atoms with Crippen LogP contribution in [0.2, 0.25) is 0 Å². The molecule has 1 aromatic carbocycles. The molecule has 1 radical (unpaired) electrons. The maximum absolute atomic E-state index is 12.2. The summed E-state index contributed by atoms with van der Waals surface area (Å²) in [5.41, 5.74) is 0.347. The Hall–Kier alpha value is -1.52. The smallest absolute Gasteiger partial charge is 0.392 e. The van der Waals surface area contributed by atoms with Gasteiger partial charge in [0.2, 0.25) is 0 Å². The predicted octanol–water partition coefficient (Wildman–Crippen LogP) is 3.24. The first-order chi connectivity index (χ1) is 6.95. The van der Waals surface area contributed by atoms with Gasteiger partial charge in [0.15, 0.2) is 7.11 Å². The summed E-state index contributed by atoms with van der Waals surface area (Å²) in [6.45, 7) is 1.62. The normalized spacial score (nSPS) is 12.7. The van der Waals surface area contributed by atoms with E-state index in [9.17, 15) is 13.2 Å². The van der Waals surface area contributed by atoms with Crippen molar-refractivity contribution in [2.45, 2.75) is 13.1 Å². The van der Waals surface area contributed by atoms with Gasteiger partial charge in [-0.2, -0.15) is 13.2 Å². The number of halogens is 3. The van der Waals surface area contributed by atoms with Gasteiger partial charge in [-0.1, -0.05) is 17.3 Å². The van der Waals surface area contributed by atoms with E-state index < -0.39 is 11.7 Å². The zero-order chi connectivity index (χ0) is 11.5. The fourth-order valence-corrected chi connectivity index (χ4v) is 1.05. The van der Waals surface area contributed by atoms with E-state index in [1.807, 2.05) is 0 Å². The summed E-state index contributed by atoms with van der Waals surface area (Å²) in [6.07, 6.45) is -4.31. The van der Waals surface area contributed by atoms with Crippen LogP contribution in [-0.2, 0) is 11.0 Å². The molecule has 15 heavy (non-hydrogen) atoms. The number of benzene rings is 1. The van der Waals surface area contributed by atoms with Crippen LogP contribution < -0.4 is 0 Å². The summed E-state index contributed by atoms with van der Waals surface area (Å²) in [5, 5.41) is 3.51. The molecule has 0 fully saturated rings. The SMILES string of the molecule is [CH2]O/N=C(\C)c1ccc(C(F)(F)F)cc1. The van der Waals surface area contributed by atoms with Gasteiger partial charge in [-0.25, -0.2) is 0 Å². The largest absolute Gasteiger partial charge is 0.416 e. The summed E-state index contributed by atoms with van der Waals surface area (Å²) in [7, 11) is 3.04. The van der Waals surface area contributed by atoms with Crippen LogP contribution in [0.1, 0.15) is 18.1 Å². The Morgan fingerprint density at radius 3 is 2.20 bits per heavy atom. The van der Waals surface area contributed by atoms with Gasteiger partial charge in [0.1, 0.15) is 0 Å². The first kappa shape index (κ1) is 11.6. The van der Waals surface area contributed by atoms with Crippen LogP contribution in [0, 0.1) is 7.11 Å². The summed E-state index contributed by atoms with van der Waals surface area (Å²) in [6, 6.07) is 4.66. The minimum atomic E-state index is -4.31. The van der Waals surface area contributed by atoms with Gasteiger partial charge >= 0.3 is 6.18 Å². The fraction of sp³-hybridized carbons (Fsp3) is 0.200. The summed E-state index contributed by atoms with van der Waals surface area (Å²) >= 11 is 0. The van der Waals surface area contributed by atoms with Crippen molar-refractivity contribution in [1.82, 2.24) is 0 Å². The van der Waals surface area contributed by atoms with E-state index >= 15 is 0 Å². The van der Waals surface area contributed by atoms with Crippen LogP contribution in [0.3, 0.4) is 0 Å². The van der Waals surface area contributed by atoms with Crippen molar-refractivity contribution >= 4 is 5.71 Å². The van der Waals surface area contributed by atoms with Gasteiger partial charge in [-0.05, 0) is 24.6 Å². The highest BCUT2D eigenvalue weighted by Gasteiger charge is 2.29. The molecule has 0 spiro atoms. The molecule has 0 amide bonds. The van der Waals surface area contributed by atoms with E-state index in [-0.39, 0.29) is 0 Å². The van der Waals surface area contributed by atoms with Crippen molar-refractivity contribution in [3.8, 4) is 0 Å². The molecule has 5 heteroatoms. The molecule has 0 saturated heterocycles. The van der Waals surface area contributed by atoms with Gasteiger partial charge in [-0.3, -0.25) is 0 Å². The molecule has 0 N–H and O–H groups in total. The molecule has 0 aliphatic heterocycles. The standard InChI is InChI=1S/C10H9F3NO/c1-7(14-15-2)8-3-5-9(6-4-8)10(11,12)13/h3-6H,2H2,1H3/b14-7+. The maximum Gasteiger partial charge on any atom is 0.416 e. The Bertz CT molecular complexity index is 354. The molecule has 1 aromatic rings. The van der Waals surface area contributed by atoms with Crippen LogP contribution >= 0.6 is 0 Å². The summed E-state index contributed by atoms with van der Waals surface area (Å²) in [5.74, 6) is 0. The second-order valence-corrected chi connectivity index (χ2v) is 2.88. The number of rotatable bonds is 2. The number of oxime groups is 1. The van der Waals surface area contributed by atoms with Crippen molar-refractivity contribution in [1.29, 1.82) is 0 Å². The molecule has 0 saturated carbocycles. The molecule has 0 unspecified atom stereocenters. The molecule has 0 bridgehead atoms. The predicted molar refractivity (Wildman–Crippen MR) is 50.1 cm³/mol. The third kappa shape index (κ3) is 2.97. The zero-order valence-corrected chi connectivity index (χ0v) is 8.01. The topological polar surface area (TPSA) is 21.6 Å². The quantitative estimate of drug-likeness (QED) is 0.549. The second kappa shape index (κ2) is 4.33. The average Bonchev–Trinajstić information content (AvgIpc) is 2.17. The zero-order valence-electron chi connectivity index (χ0n) is 8.01. The molecule has 81 valence electrons. The minimum Gasteiger partial charge on any atom is -0.392 e. The van der Waals surface area contributed by atoms with E-state index in [1.165, 1.54) is 12.1 Å². The third-order valence-electron chi connectivity index (χ3n) is 1.83. The second-order valence-electron chi connectivity index (χ2n) is 2.88. The Balaban J connectivity index is 2.96. The average molecular weight is 216 g/mol. The van der Waals surface area contributed by atoms with E-state index in [0.29, 0.717) is 11.3 Å². The van der Waals surface area contributed by atoms with E-state index in [2.05, 4.69) is 17.1 Å². The summed E-state index contributed by atoms with van der Waals surface area (Å²) < 4.78 is 36.6. The van der Waals surface area contributed by atoms with E-state index in [0.717, 1.165) is 12.1 Å². The lowest BCUT2D eigenvalue weighted by molar-refractivity contribution is -0.137. The van der Waals surface area contributed by atoms with E-state index in [4.69, 9.17) is 0 Å². The van der Waals surface area contributed by atoms with Crippen molar-refractivity contribution < 1.29 is 18.0 Å². The van der Waals surface area contributed by atoms with Crippen LogP contribution in [0.5, 0.6) is 0 Å². The number of alkyl halides is 3. The van der Waals surface area contributed by atoms with E-state index in [1.54, 1.807) is 6.92 Å². The van der Waals surface area contributed by atoms with Crippen molar-refractivity contribution in [2.24, 2.45) is 5.16 Å². The van der Waals surface area contributed by atoms with Crippen LogP contribution in [0.25, 0.3) is 0 Å².